The Morgan fingerprint density at radius 2 is 1.74 bits per heavy atom. The molecule has 1 aliphatic heterocycles. The van der Waals surface area contributed by atoms with Crippen LogP contribution in [0.25, 0.3) is 0 Å². The number of carbonyl (C=O) groups excluding carboxylic acids is 2. The number of carbonyl (C=O) groups is 2. The molecule has 0 unspecified atom stereocenters. The van der Waals surface area contributed by atoms with Crippen LogP contribution in [0.3, 0.4) is 0 Å². The second-order valence-electron chi connectivity index (χ2n) is 5.32. The Morgan fingerprint density at radius 1 is 1.13 bits per heavy atom. The van der Waals surface area contributed by atoms with Gasteiger partial charge in [0.2, 0.25) is 10.0 Å². The summed E-state index contributed by atoms with van der Waals surface area (Å²) in [7, 11) is -3.48. The van der Waals surface area contributed by atoms with Crippen LogP contribution in [0.4, 0.5) is 5.69 Å². The van der Waals surface area contributed by atoms with Crippen molar-refractivity contribution in [2.45, 2.75) is 31.1 Å². The summed E-state index contributed by atoms with van der Waals surface area (Å²) in [6.07, 6.45) is 2.81. The van der Waals surface area contributed by atoms with Crippen molar-refractivity contribution in [2.24, 2.45) is 0 Å². The third-order valence-corrected chi connectivity index (χ3v) is 5.41. The Balaban J connectivity index is 2.01. The molecule has 1 aromatic rings. The van der Waals surface area contributed by atoms with Crippen LogP contribution in [-0.2, 0) is 24.3 Å². The van der Waals surface area contributed by atoms with Gasteiger partial charge in [-0.05, 0) is 37.1 Å². The van der Waals surface area contributed by atoms with Gasteiger partial charge in [-0.25, -0.2) is 8.42 Å². The van der Waals surface area contributed by atoms with E-state index in [0.29, 0.717) is 18.8 Å². The fraction of sp³-hybridized carbons (Fsp3) is 0.467. The maximum atomic E-state index is 12.5. The summed E-state index contributed by atoms with van der Waals surface area (Å²) in [4.78, 5) is 22.4. The molecule has 0 bridgehead atoms. The standard InChI is InChI=1S/C15H20N2O5S/c1-12(18)22-11-15(19)16-13-5-7-14(8-6-13)23(20,21)17-9-3-2-4-10-17/h5-8H,2-4,9-11H2,1H3,(H,16,19). The summed E-state index contributed by atoms with van der Waals surface area (Å²) in [5, 5.41) is 2.53. The minimum atomic E-state index is -3.48. The first-order chi connectivity index (χ1) is 10.9. The van der Waals surface area contributed by atoms with Crippen molar-refractivity contribution in [2.75, 3.05) is 25.0 Å². The molecule has 0 aliphatic carbocycles. The number of ether oxygens (including phenoxy) is 1. The zero-order valence-electron chi connectivity index (χ0n) is 12.9. The lowest BCUT2D eigenvalue weighted by atomic mass is 10.2. The molecule has 0 spiro atoms. The maximum absolute atomic E-state index is 12.5. The zero-order valence-corrected chi connectivity index (χ0v) is 13.8. The van der Waals surface area contributed by atoms with Crippen LogP contribution in [0.2, 0.25) is 0 Å². The number of anilines is 1. The number of esters is 1. The van der Waals surface area contributed by atoms with Crippen LogP contribution >= 0.6 is 0 Å². The van der Waals surface area contributed by atoms with Crippen molar-refractivity contribution in [1.82, 2.24) is 4.31 Å². The minimum absolute atomic E-state index is 0.206. The van der Waals surface area contributed by atoms with Crippen LogP contribution < -0.4 is 5.32 Å². The van der Waals surface area contributed by atoms with Crippen molar-refractivity contribution in [3.63, 3.8) is 0 Å². The first kappa shape index (κ1) is 17.4. The first-order valence-corrected chi connectivity index (χ1v) is 8.87. The monoisotopic (exact) mass is 340 g/mol. The number of hydrogen-bond donors (Lipinski definition) is 1. The summed E-state index contributed by atoms with van der Waals surface area (Å²) in [5.74, 6) is -1.02. The van der Waals surface area contributed by atoms with E-state index in [1.807, 2.05) is 0 Å². The Bertz CT molecular complexity index is 664. The van der Waals surface area contributed by atoms with Gasteiger partial charge in [-0.2, -0.15) is 4.31 Å². The summed E-state index contributed by atoms with van der Waals surface area (Å²) in [5.41, 5.74) is 0.444. The molecule has 0 atom stereocenters. The Kier molecular flexibility index (Phi) is 5.73. The normalized spacial score (nSPS) is 15.9. The molecule has 1 saturated heterocycles. The number of amides is 1. The molecule has 1 aliphatic rings. The van der Waals surface area contributed by atoms with Crippen LogP contribution in [0, 0.1) is 0 Å². The van der Waals surface area contributed by atoms with E-state index in [2.05, 4.69) is 10.1 Å². The minimum Gasteiger partial charge on any atom is -0.456 e. The summed E-state index contributed by atoms with van der Waals surface area (Å²) in [6.45, 7) is 1.93. The summed E-state index contributed by atoms with van der Waals surface area (Å²) in [6, 6.07) is 5.96. The first-order valence-electron chi connectivity index (χ1n) is 7.43. The van der Waals surface area contributed by atoms with Gasteiger partial charge in [0, 0.05) is 25.7 Å². The highest BCUT2D eigenvalue weighted by atomic mass is 32.2. The van der Waals surface area contributed by atoms with Crippen LogP contribution in [-0.4, -0.2) is 44.3 Å². The van der Waals surface area contributed by atoms with Gasteiger partial charge >= 0.3 is 5.97 Å². The van der Waals surface area contributed by atoms with Gasteiger partial charge in [-0.1, -0.05) is 6.42 Å². The number of nitrogens with zero attached hydrogens (tertiary/aromatic N) is 1. The molecule has 7 nitrogen and oxygen atoms in total. The number of benzene rings is 1. The van der Waals surface area contributed by atoms with Crippen molar-refractivity contribution < 1.29 is 22.7 Å². The molecule has 0 saturated carbocycles. The third kappa shape index (κ3) is 4.77. The predicted molar refractivity (Wildman–Crippen MR) is 84.3 cm³/mol. The third-order valence-electron chi connectivity index (χ3n) is 3.50. The van der Waals surface area contributed by atoms with Gasteiger partial charge in [0.15, 0.2) is 6.61 Å². The van der Waals surface area contributed by atoms with Crippen molar-refractivity contribution in [3.8, 4) is 0 Å². The Labute approximate surface area is 135 Å². The quantitative estimate of drug-likeness (QED) is 0.817. The van der Waals surface area contributed by atoms with Gasteiger partial charge in [-0.15, -0.1) is 0 Å². The number of nitrogens with one attached hydrogen (secondary N) is 1. The molecule has 126 valence electrons. The fourth-order valence-corrected chi connectivity index (χ4v) is 3.85. The van der Waals surface area contributed by atoms with Crippen molar-refractivity contribution in [1.29, 1.82) is 0 Å². The molecule has 1 aromatic carbocycles. The van der Waals surface area contributed by atoms with Gasteiger partial charge in [0.1, 0.15) is 0 Å². The van der Waals surface area contributed by atoms with E-state index in [-0.39, 0.29) is 11.5 Å². The lowest BCUT2D eigenvalue weighted by molar-refractivity contribution is -0.144. The lowest BCUT2D eigenvalue weighted by Gasteiger charge is -2.25. The van der Waals surface area contributed by atoms with E-state index < -0.39 is 21.9 Å². The smallest absolute Gasteiger partial charge is 0.303 e. The Morgan fingerprint density at radius 3 is 2.30 bits per heavy atom. The van der Waals surface area contributed by atoms with Gasteiger partial charge in [0.05, 0.1) is 4.90 Å². The topological polar surface area (TPSA) is 92.8 Å². The molecule has 1 N–H and O–H groups in total. The van der Waals surface area contributed by atoms with E-state index >= 15 is 0 Å². The number of hydrogen-bond acceptors (Lipinski definition) is 5. The molecule has 2 rings (SSSR count). The average molecular weight is 340 g/mol. The average Bonchev–Trinajstić information content (AvgIpc) is 2.54. The maximum Gasteiger partial charge on any atom is 0.303 e. The van der Waals surface area contributed by atoms with Crippen LogP contribution in [0.1, 0.15) is 26.2 Å². The number of sulfonamides is 1. The van der Waals surface area contributed by atoms with Crippen LogP contribution in [0.15, 0.2) is 29.2 Å². The van der Waals surface area contributed by atoms with Crippen molar-refractivity contribution in [3.05, 3.63) is 24.3 Å². The zero-order chi connectivity index (χ0) is 16.9. The molecule has 1 fully saturated rings. The van der Waals surface area contributed by atoms with Gasteiger partial charge in [-0.3, -0.25) is 9.59 Å². The Hall–Kier alpha value is -1.93. The highest BCUT2D eigenvalue weighted by molar-refractivity contribution is 7.89. The van der Waals surface area contributed by atoms with E-state index in [4.69, 9.17) is 0 Å². The summed E-state index contributed by atoms with van der Waals surface area (Å²) < 4.78 is 31.0. The van der Waals surface area contributed by atoms with E-state index in [9.17, 15) is 18.0 Å². The van der Waals surface area contributed by atoms with E-state index in [0.717, 1.165) is 19.3 Å². The van der Waals surface area contributed by atoms with Crippen molar-refractivity contribution >= 4 is 27.6 Å². The second kappa shape index (κ2) is 7.56. The lowest BCUT2D eigenvalue weighted by Crippen LogP contribution is -2.35. The molecule has 23 heavy (non-hydrogen) atoms. The largest absolute Gasteiger partial charge is 0.456 e. The van der Waals surface area contributed by atoms with E-state index in [1.54, 1.807) is 0 Å². The molecule has 8 heteroatoms. The molecule has 1 heterocycles. The molecule has 1 amide bonds. The molecular formula is C15H20N2O5S. The van der Waals surface area contributed by atoms with E-state index in [1.165, 1.54) is 35.5 Å². The van der Waals surface area contributed by atoms with Crippen LogP contribution in [0.5, 0.6) is 0 Å². The highest BCUT2D eigenvalue weighted by Gasteiger charge is 2.25. The fourth-order valence-electron chi connectivity index (χ4n) is 2.33. The highest BCUT2D eigenvalue weighted by Crippen LogP contribution is 2.21. The number of piperidine rings is 1. The second-order valence-corrected chi connectivity index (χ2v) is 7.26. The molecule has 0 aromatic heterocycles. The predicted octanol–water partition coefficient (Wildman–Crippen LogP) is 1.36. The molecule has 0 radical (unpaired) electrons. The van der Waals surface area contributed by atoms with Gasteiger partial charge < -0.3 is 10.1 Å². The SMILES string of the molecule is CC(=O)OCC(=O)Nc1ccc(S(=O)(=O)N2CCCCC2)cc1. The summed E-state index contributed by atoms with van der Waals surface area (Å²) >= 11 is 0. The number of rotatable bonds is 5. The molecular weight excluding hydrogens is 320 g/mol. The van der Waals surface area contributed by atoms with Gasteiger partial charge in [0.25, 0.3) is 5.91 Å².